The average Bonchev–Trinajstić information content (AvgIpc) is 2.85. The van der Waals surface area contributed by atoms with Crippen molar-refractivity contribution in [1.29, 1.82) is 0 Å². The SMILES string of the molecule is CN=C(NCc1sc(C)nc1C)NCC(C)c1cccc(C)c1.I. The molecule has 0 aliphatic carbocycles. The Morgan fingerprint density at radius 2 is 2.00 bits per heavy atom. The number of benzene rings is 1. The number of guanidine groups is 1. The molecule has 0 saturated heterocycles. The van der Waals surface area contributed by atoms with E-state index in [1.54, 1.807) is 18.4 Å². The van der Waals surface area contributed by atoms with Crippen molar-refractivity contribution in [3.63, 3.8) is 0 Å². The van der Waals surface area contributed by atoms with E-state index in [4.69, 9.17) is 0 Å². The number of nitrogens with zero attached hydrogens (tertiary/aromatic N) is 2. The Kier molecular flexibility index (Phi) is 8.69. The number of rotatable bonds is 5. The van der Waals surface area contributed by atoms with Crippen molar-refractivity contribution < 1.29 is 0 Å². The largest absolute Gasteiger partial charge is 0.356 e. The number of halogens is 1. The Bertz CT molecular complexity index is 681. The van der Waals surface area contributed by atoms with Crippen LogP contribution in [0.5, 0.6) is 0 Å². The van der Waals surface area contributed by atoms with Crippen molar-refractivity contribution in [3.8, 4) is 0 Å². The summed E-state index contributed by atoms with van der Waals surface area (Å²) in [6, 6.07) is 8.66. The van der Waals surface area contributed by atoms with Gasteiger partial charge in [-0.3, -0.25) is 4.99 Å². The minimum Gasteiger partial charge on any atom is -0.356 e. The second-order valence-electron chi connectivity index (χ2n) is 5.86. The van der Waals surface area contributed by atoms with E-state index in [0.29, 0.717) is 5.92 Å². The highest BCUT2D eigenvalue weighted by atomic mass is 127. The van der Waals surface area contributed by atoms with Crippen LogP contribution in [0.4, 0.5) is 0 Å². The molecule has 6 heteroatoms. The normalized spacial score (nSPS) is 12.5. The third kappa shape index (κ3) is 6.05. The molecule has 0 aliphatic heterocycles. The van der Waals surface area contributed by atoms with Gasteiger partial charge in [0.2, 0.25) is 0 Å². The first-order valence-electron chi connectivity index (χ1n) is 7.93. The predicted octanol–water partition coefficient (Wildman–Crippen LogP) is 4.16. The van der Waals surface area contributed by atoms with Gasteiger partial charge in [0.1, 0.15) is 0 Å². The molecule has 2 N–H and O–H groups in total. The average molecular weight is 458 g/mol. The second kappa shape index (κ2) is 9.98. The smallest absolute Gasteiger partial charge is 0.191 e. The fraction of sp³-hybridized carbons (Fsp3) is 0.444. The molecule has 1 atom stereocenters. The zero-order valence-corrected chi connectivity index (χ0v) is 18.2. The quantitative estimate of drug-likeness (QED) is 0.402. The van der Waals surface area contributed by atoms with Crippen LogP contribution in [0.1, 0.15) is 39.5 Å². The zero-order valence-electron chi connectivity index (χ0n) is 15.0. The van der Waals surface area contributed by atoms with Gasteiger partial charge < -0.3 is 10.6 Å². The summed E-state index contributed by atoms with van der Waals surface area (Å²) in [6.07, 6.45) is 0. The van der Waals surface area contributed by atoms with Gasteiger partial charge in [0, 0.05) is 18.5 Å². The summed E-state index contributed by atoms with van der Waals surface area (Å²) in [5.41, 5.74) is 3.75. The Balaban J connectivity index is 0.00000288. The van der Waals surface area contributed by atoms with Crippen LogP contribution >= 0.6 is 35.3 Å². The van der Waals surface area contributed by atoms with Crippen molar-refractivity contribution in [1.82, 2.24) is 15.6 Å². The molecule has 24 heavy (non-hydrogen) atoms. The van der Waals surface area contributed by atoms with Crippen LogP contribution in [0.25, 0.3) is 0 Å². The molecule has 0 aliphatic rings. The Hall–Kier alpha value is -1.15. The molecule has 1 aromatic heterocycles. The molecule has 2 aromatic rings. The number of aliphatic imine (C=N–C) groups is 1. The van der Waals surface area contributed by atoms with Crippen LogP contribution in [0.3, 0.4) is 0 Å². The molecule has 0 radical (unpaired) electrons. The van der Waals surface area contributed by atoms with Gasteiger partial charge in [-0.2, -0.15) is 0 Å². The number of thiazole rings is 1. The van der Waals surface area contributed by atoms with Gasteiger partial charge in [0.25, 0.3) is 0 Å². The van der Waals surface area contributed by atoms with Crippen LogP contribution in [0.2, 0.25) is 0 Å². The van der Waals surface area contributed by atoms with Gasteiger partial charge in [0.15, 0.2) is 5.96 Å². The number of aryl methyl sites for hydroxylation is 3. The lowest BCUT2D eigenvalue weighted by Crippen LogP contribution is -2.38. The lowest BCUT2D eigenvalue weighted by Gasteiger charge is -2.16. The maximum absolute atomic E-state index is 4.46. The Morgan fingerprint density at radius 3 is 2.58 bits per heavy atom. The summed E-state index contributed by atoms with van der Waals surface area (Å²) in [5.74, 6) is 1.26. The number of hydrogen-bond acceptors (Lipinski definition) is 3. The third-order valence-electron chi connectivity index (χ3n) is 3.83. The summed E-state index contributed by atoms with van der Waals surface area (Å²) >= 11 is 1.73. The van der Waals surface area contributed by atoms with E-state index in [0.717, 1.165) is 29.8 Å². The molecule has 0 fully saturated rings. The first-order chi connectivity index (χ1) is 11.0. The molecule has 1 aromatic carbocycles. The molecule has 1 unspecified atom stereocenters. The fourth-order valence-corrected chi connectivity index (χ4v) is 3.34. The minimum atomic E-state index is 0. The number of nitrogens with one attached hydrogen (secondary N) is 2. The highest BCUT2D eigenvalue weighted by Crippen LogP contribution is 2.17. The summed E-state index contributed by atoms with van der Waals surface area (Å²) in [4.78, 5) is 10.0. The van der Waals surface area contributed by atoms with E-state index in [-0.39, 0.29) is 24.0 Å². The molecule has 0 bridgehead atoms. The van der Waals surface area contributed by atoms with Crippen LogP contribution < -0.4 is 10.6 Å². The van der Waals surface area contributed by atoms with E-state index >= 15 is 0 Å². The third-order valence-corrected chi connectivity index (χ3v) is 4.90. The highest BCUT2D eigenvalue weighted by Gasteiger charge is 2.08. The van der Waals surface area contributed by atoms with Crippen molar-refractivity contribution in [2.45, 2.75) is 40.2 Å². The number of hydrogen-bond donors (Lipinski definition) is 2. The molecule has 0 saturated carbocycles. The van der Waals surface area contributed by atoms with Crippen molar-refractivity contribution in [2.75, 3.05) is 13.6 Å². The predicted molar refractivity (Wildman–Crippen MR) is 115 cm³/mol. The fourth-order valence-electron chi connectivity index (χ4n) is 2.47. The summed E-state index contributed by atoms with van der Waals surface area (Å²) in [7, 11) is 1.80. The van der Waals surface area contributed by atoms with E-state index in [2.05, 4.69) is 65.6 Å². The molecule has 0 amide bonds. The highest BCUT2D eigenvalue weighted by molar-refractivity contribution is 14.0. The second-order valence-corrected chi connectivity index (χ2v) is 7.15. The topological polar surface area (TPSA) is 49.3 Å². The minimum absolute atomic E-state index is 0. The maximum atomic E-state index is 4.46. The van der Waals surface area contributed by atoms with Crippen LogP contribution in [0, 0.1) is 20.8 Å². The van der Waals surface area contributed by atoms with Crippen LogP contribution in [0.15, 0.2) is 29.3 Å². The van der Waals surface area contributed by atoms with Gasteiger partial charge >= 0.3 is 0 Å². The summed E-state index contributed by atoms with van der Waals surface area (Å²) in [5, 5.41) is 7.88. The monoisotopic (exact) mass is 458 g/mol. The lowest BCUT2D eigenvalue weighted by molar-refractivity contribution is 0.699. The maximum Gasteiger partial charge on any atom is 0.191 e. The number of aromatic nitrogens is 1. The van der Waals surface area contributed by atoms with Crippen molar-refractivity contribution in [3.05, 3.63) is 51.0 Å². The zero-order chi connectivity index (χ0) is 16.8. The van der Waals surface area contributed by atoms with Gasteiger partial charge in [-0.05, 0) is 32.3 Å². The first-order valence-corrected chi connectivity index (χ1v) is 8.75. The molecular weight excluding hydrogens is 431 g/mol. The van der Waals surface area contributed by atoms with E-state index in [1.165, 1.54) is 16.0 Å². The lowest BCUT2D eigenvalue weighted by atomic mass is 9.99. The van der Waals surface area contributed by atoms with Gasteiger partial charge in [0.05, 0.1) is 17.2 Å². The summed E-state index contributed by atoms with van der Waals surface area (Å²) < 4.78 is 0. The van der Waals surface area contributed by atoms with Crippen molar-refractivity contribution >= 4 is 41.3 Å². The molecule has 1 heterocycles. The Morgan fingerprint density at radius 1 is 1.25 bits per heavy atom. The molecule has 2 rings (SSSR count). The molecular formula is C18H27IN4S. The molecule has 0 spiro atoms. The molecule has 132 valence electrons. The van der Waals surface area contributed by atoms with Gasteiger partial charge in [-0.15, -0.1) is 35.3 Å². The van der Waals surface area contributed by atoms with Crippen LogP contribution in [-0.4, -0.2) is 24.5 Å². The Labute approximate surface area is 166 Å². The standard InChI is InChI=1S/C18H26N4S.HI/c1-12-7-6-8-16(9-12)13(2)10-20-18(19-5)21-11-17-14(3)22-15(4)23-17;/h6-9,13H,10-11H2,1-5H3,(H2,19,20,21);1H. The van der Waals surface area contributed by atoms with E-state index in [9.17, 15) is 0 Å². The first kappa shape index (κ1) is 20.9. The summed E-state index contributed by atoms with van der Waals surface area (Å²) in [6.45, 7) is 10.1. The van der Waals surface area contributed by atoms with Gasteiger partial charge in [-0.1, -0.05) is 36.8 Å². The van der Waals surface area contributed by atoms with E-state index in [1.807, 2.05) is 6.92 Å². The van der Waals surface area contributed by atoms with Crippen LogP contribution in [-0.2, 0) is 6.54 Å². The van der Waals surface area contributed by atoms with E-state index < -0.39 is 0 Å². The van der Waals surface area contributed by atoms with Gasteiger partial charge in [-0.25, -0.2) is 4.98 Å². The van der Waals surface area contributed by atoms with Crippen molar-refractivity contribution in [2.24, 2.45) is 4.99 Å². The molecule has 4 nitrogen and oxygen atoms in total.